The van der Waals surface area contributed by atoms with Gasteiger partial charge in [-0.15, -0.1) is 0 Å². The molecule has 3 rings (SSSR count). The number of aromatic carboxylic acids is 1. The molecule has 3 aromatic rings. The number of hydrogen-bond acceptors (Lipinski definition) is 1. The Morgan fingerprint density at radius 1 is 1.15 bits per heavy atom. The molecule has 1 aromatic heterocycles. The van der Waals surface area contributed by atoms with Crippen LogP contribution in [-0.2, 0) is 7.05 Å². The molecule has 1 N–H and O–H groups in total. The molecule has 0 atom stereocenters. The van der Waals surface area contributed by atoms with Crippen LogP contribution in [0.5, 0.6) is 0 Å². The van der Waals surface area contributed by atoms with Crippen molar-refractivity contribution in [3.8, 4) is 11.1 Å². The van der Waals surface area contributed by atoms with Gasteiger partial charge in [0.25, 0.3) is 0 Å². The third kappa shape index (κ3) is 1.96. The molecule has 0 spiro atoms. The Morgan fingerprint density at radius 2 is 1.90 bits per heavy atom. The second-order valence-corrected chi connectivity index (χ2v) is 5.08. The lowest BCUT2D eigenvalue weighted by Crippen LogP contribution is -1.96. The monoisotopic (exact) mass is 285 g/mol. The van der Waals surface area contributed by atoms with Crippen LogP contribution in [0, 0.1) is 0 Å². The molecule has 0 fully saturated rings. The maximum Gasteiger partial charge on any atom is 0.335 e. The molecule has 3 nitrogen and oxygen atoms in total. The van der Waals surface area contributed by atoms with Gasteiger partial charge in [0.05, 0.1) is 5.56 Å². The number of carbonyl (C=O) groups is 1. The van der Waals surface area contributed by atoms with Crippen LogP contribution in [0.1, 0.15) is 10.4 Å². The molecule has 0 radical (unpaired) electrons. The summed E-state index contributed by atoms with van der Waals surface area (Å²) in [4.78, 5) is 11.1. The van der Waals surface area contributed by atoms with E-state index in [1.165, 1.54) is 0 Å². The van der Waals surface area contributed by atoms with Gasteiger partial charge in [0.2, 0.25) is 0 Å². The third-order valence-electron chi connectivity index (χ3n) is 3.40. The Morgan fingerprint density at radius 3 is 2.60 bits per heavy atom. The van der Waals surface area contributed by atoms with Crippen molar-refractivity contribution in [2.75, 3.05) is 0 Å². The van der Waals surface area contributed by atoms with E-state index in [1.54, 1.807) is 12.1 Å². The first-order chi connectivity index (χ1) is 9.58. The fourth-order valence-electron chi connectivity index (χ4n) is 2.41. The van der Waals surface area contributed by atoms with E-state index in [0.717, 1.165) is 22.0 Å². The van der Waals surface area contributed by atoms with Crippen LogP contribution in [0.2, 0.25) is 5.02 Å². The van der Waals surface area contributed by atoms with Gasteiger partial charge >= 0.3 is 5.97 Å². The lowest BCUT2D eigenvalue weighted by molar-refractivity contribution is 0.0697. The van der Waals surface area contributed by atoms with Crippen LogP contribution in [0.3, 0.4) is 0 Å². The summed E-state index contributed by atoms with van der Waals surface area (Å²) in [6.45, 7) is 0. The Labute approximate surface area is 121 Å². The lowest BCUT2D eigenvalue weighted by Gasteiger charge is -2.02. The van der Waals surface area contributed by atoms with Crippen molar-refractivity contribution >= 4 is 28.5 Å². The second-order valence-electron chi connectivity index (χ2n) is 4.67. The van der Waals surface area contributed by atoms with Gasteiger partial charge in [-0.1, -0.05) is 35.9 Å². The number of nitrogens with zero attached hydrogens (tertiary/aromatic N) is 1. The van der Waals surface area contributed by atoms with Crippen LogP contribution < -0.4 is 0 Å². The average molecular weight is 286 g/mol. The maximum atomic E-state index is 11.1. The molecule has 0 aliphatic carbocycles. The molecule has 20 heavy (non-hydrogen) atoms. The number of hydrogen-bond donors (Lipinski definition) is 1. The first-order valence-corrected chi connectivity index (χ1v) is 6.53. The number of benzene rings is 2. The third-order valence-corrected chi connectivity index (χ3v) is 3.73. The normalized spacial score (nSPS) is 10.9. The molecular formula is C16H12ClNO2. The molecule has 1 heterocycles. The van der Waals surface area contributed by atoms with E-state index in [-0.39, 0.29) is 5.56 Å². The summed E-state index contributed by atoms with van der Waals surface area (Å²) in [6, 6.07) is 12.8. The zero-order valence-electron chi connectivity index (χ0n) is 10.8. The molecular weight excluding hydrogens is 274 g/mol. The van der Waals surface area contributed by atoms with Crippen molar-refractivity contribution in [3.63, 3.8) is 0 Å². The van der Waals surface area contributed by atoms with Crippen LogP contribution >= 0.6 is 11.6 Å². The molecule has 0 bridgehead atoms. The van der Waals surface area contributed by atoms with E-state index in [2.05, 4.69) is 0 Å². The smallest absolute Gasteiger partial charge is 0.335 e. The predicted molar refractivity (Wildman–Crippen MR) is 80.3 cm³/mol. The summed E-state index contributed by atoms with van der Waals surface area (Å²) >= 11 is 6.25. The van der Waals surface area contributed by atoms with Gasteiger partial charge in [-0.05, 0) is 18.2 Å². The highest BCUT2D eigenvalue weighted by Crippen LogP contribution is 2.34. The van der Waals surface area contributed by atoms with Crippen molar-refractivity contribution < 1.29 is 9.90 Å². The highest BCUT2D eigenvalue weighted by Gasteiger charge is 2.13. The average Bonchev–Trinajstić information content (AvgIpc) is 2.76. The van der Waals surface area contributed by atoms with Gasteiger partial charge in [-0.2, -0.15) is 0 Å². The lowest BCUT2D eigenvalue weighted by atomic mass is 10.0. The Kier molecular flexibility index (Phi) is 2.99. The van der Waals surface area contributed by atoms with Gasteiger partial charge in [0.1, 0.15) is 0 Å². The minimum absolute atomic E-state index is 0.282. The highest BCUT2D eigenvalue weighted by atomic mass is 35.5. The van der Waals surface area contributed by atoms with Crippen molar-refractivity contribution in [1.82, 2.24) is 4.57 Å². The summed E-state index contributed by atoms with van der Waals surface area (Å²) in [6.07, 6.45) is 1.97. The van der Waals surface area contributed by atoms with Crippen LogP contribution in [0.15, 0.2) is 48.7 Å². The fraction of sp³-hybridized carbons (Fsp3) is 0.0625. The van der Waals surface area contributed by atoms with E-state index >= 15 is 0 Å². The molecule has 2 aromatic carbocycles. The summed E-state index contributed by atoms with van der Waals surface area (Å²) in [5.74, 6) is -0.924. The number of halogens is 1. The second kappa shape index (κ2) is 4.69. The quantitative estimate of drug-likeness (QED) is 0.767. The number of aryl methyl sites for hydroxylation is 1. The van der Waals surface area contributed by atoms with Crippen LogP contribution in [0.25, 0.3) is 22.0 Å². The van der Waals surface area contributed by atoms with E-state index in [4.69, 9.17) is 16.7 Å². The summed E-state index contributed by atoms with van der Waals surface area (Å²) in [7, 11) is 1.90. The minimum atomic E-state index is -0.924. The number of aromatic nitrogens is 1. The van der Waals surface area contributed by atoms with Crippen molar-refractivity contribution in [2.24, 2.45) is 7.05 Å². The van der Waals surface area contributed by atoms with Crippen molar-refractivity contribution in [3.05, 3.63) is 59.2 Å². The van der Waals surface area contributed by atoms with E-state index < -0.39 is 5.97 Å². The maximum absolute atomic E-state index is 11.1. The SMILES string of the molecule is Cn1cc(-c2ccccc2Cl)c2ccc(C(=O)O)cc21. The van der Waals surface area contributed by atoms with E-state index in [0.29, 0.717) is 5.02 Å². The van der Waals surface area contributed by atoms with Gasteiger partial charge in [-0.3, -0.25) is 0 Å². The van der Waals surface area contributed by atoms with Crippen molar-refractivity contribution in [2.45, 2.75) is 0 Å². The molecule has 0 saturated carbocycles. The van der Waals surface area contributed by atoms with Gasteiger partial charge in [0.15, 0.2) is 0 Å². The first kappa shape index (κ1) is 12.8. The van der Waals surface area contributed by atoms with Gasteiger partial charge in [-0.25, -0.2) is 4.79 Å². The molecule has 0 amide bonds. The molecule has 0 aliphatic rings. The first-order valence-electron chi connectivity index (χ1n) is 6.15. The Balaban J connectivity index is 2.29. The Bertz CT molecular complexity index is 820. The number of carboxylic acids is 1. The summed E-state index contributed by atoms with van der Waals surface area (Å²) in [5.41, 5.74) is 3.11. The predicted octanol–water partition coefficient (Wildman–Crippen LogP) is 4.20. The fourth-order valence-corrected chi connectivity index (χ4v) is 2.65. The van der Waals surface area contributed by atoms with E-state index in [1.807, 2.05) is 48.1 Å². The van der Waals surface area contributed by atoms with Crippen LogP contribution in [0.4, 0.5) is 0 Å². The van der Waals surface area contributed by atoms with Crippen LogP contribution in [-0.4, -0.2) is 15.6 Å². The number of fused-ring (bicyclic) bond motifs is 1. The van der Waals surface area contributed by atoms with E-state index in [9.17, 15) is 4.79 Å². The van der Waals surface area contributed by atoms with Gasteiger partial charge < -0.3 is 9.67 Å². The molecule has 4 heteroatoms. The number of carboxylic acid groups (broad SMARTS) is 1. The highest BCUT2D eigenvalue weighted by molar-refractivity contribution is 6.33. The number of rotatable bonds is 2. The molecule has 0 saturated heterocycles. The standard InChI is InChI=1S/C16H12ClNO2/c1-18-9-13(11-4-2-3-5-14(11)17)12-7-6-10(16(19)20)8-15(12)18/h2-9H,1H3,(H,19,20). The zero-order chi connectivity index (χ0) is 14.3. The summed E-state index contributed by atoms with van der Waals surface area (Å²) in [5, 5.41) is 10.7. The summed E-state index contributed by atoms with van der Waals surface area (Å²) < 4.78 is 1.92. The van der Waals surface area contributed by atoms with Gasteiger partial charge in [0, 0.05) is 40.3 Å². The molecule has 100 valence electrons. The Hall–Kier alpha value is -2.26. The minimum Gasteiger partial charge on any atom is -0.478 e. The topological polar surface area (TPSA) is 42.2 Å². The molecule has 0 aliphatic heterocycles. The molecule has 0 unspecified atom stereocenters. The van der Waals surface area contributed by atoms with Crippen molar-refractivity contribution in [1.29, 1.82) is 0 Å². The largest absolute Gasteiger partial charge is 0.478 e. The zero-order valence-corrected chi connectivity index (χ0v) is 11.6.